The summed E-state index contributed by atoms with van der Waals surface area (Å²) in [5, 5.41) is 18.1. The molecule has 0 bridgehead atoms. The van der Waals surface area contributed by atoms with E-state index in [0.717, 1.165) is 5.75 Å². The first-order valence-electron chi connectivity index (χ1n) is 6.00. The summed E-state index contributed by atoms with van der Waals surface area (Å²) in [6.07, 6.45) is 0. The number of aromatic hydroxyl groups is 1. The summed E-state index contributed by atoms with van der Waals surface area (Å²) in [6, 6.07) is 7.06. The van der Waals surface area contributed by atoms with Crippen molar-refractivity contribution in [3.63, 3.8) is 0 Å². The zero-order chi connectivity index (χ0) is 14.5. The largest absolute Gasteiger partial charge is 0.497 e. The van der Waals surface area contributed by atoms with Crippen molar-refractivity contribution >= 4 is 23.3 Å². The fourth-order valence-corrected chi connectivity index (χ4v) is 2.03. The highest BCUT2D eigenvalue weighted by Crippen LogP contribution is 2.34. The Hall–Kier alpha value is -2.02. The molecule has 2 rings (SSSR count). The van der Waals surface area contributed by atoms with Crippen molar-refractivity contribution in [3.8, 4) is 11.7 Å². The van der Waals surface area contributed by atoms with Gasteiger partial charge < -0.3 is 14.3 Å². The van der Waals surface area contributed by atoms with Gasteiger partial charge in [-0.05, 0) is 24.3 Å². The number of oxazole rings is 1. The molecule has 20 heavy (non-hydrogen) atoms. The van der Waals surface area contributed by atoms with Crippen LogP contribution in [0.5, 0.6) is 11.7 Å². The Morgan fingerprint density at radius 1 is 1.25 bits per heavy atom. The molecule has 2 aromatic rings. The lowest BCUT2D eigenvalue weighted by atomic mass is 10.3. The first-order valence-corrected chi connectivity index (χ1v) is 6.88. The number of methoxy groups -OCH3 is 1. The van der Waals surface area contributed by atoms with Crippen LogP contribution in [0.25, 0.3) is 0 Å². The van der Waals surface area contributed by atoms with E-state index in [4.69, 9.17) is 9.15 Å². The predicted octanol–water partition coefficient (Wildman–Crippen LogP) is 4.30. The van der Waals surface area contributed by atoms with Crippen LogP contribution < -0.4 is 4.74 Å². The van der Waals surface area contributed by atoms with Crippen molar-refractivity contribution < 1.29 is 14.3 Å². The summed E-state index contributed by atoms with van der Waals surface area (Å²) in [5.41, 5.74) is 0.631. The number of aromatic nitrogens is 1. The molecule has 1 heterocycles. The molecular weight excluding hydrogens is 278 g/mol. The molecule has 0 radical (unpaired) electrons. The molecule has 106 valence electrons. The van der Waals surface area contributed by atoms with Gasteiger partial charge in [-0.25, -0.2) is 0 Å². The highest BCUT2D eigenvalue weighted by molar-refractivity contribution is 7.99. The van der Waals surface area contributed by atoms with Crippen LogP contribution in [0.1, 0.15) is 13.8 Å². The molecular formula is C13H15N3O3S. The minimum atomic E-state index is -0.328. The molecule has 0 aliphatic rings. The van der Waals surface area contributed by atoms with Crippen molar-refractivity contribution in [2.75, 3.05) is 7.11 Å². The molecule has 1 aromatic heterocycles. The second kappa shape index (κ2) is 6.42. The molecule has 0 atom stereocenters. The molecule has 0 saturated carbocycles. The summed E-state index contributed by atoms with van der Waals surface area (Å²) in [6.45, 7) is 4.01. The monoisotopic (exact) mass is 293 g/mol. The Balaban J connectivity index is 2.11. The molecule has 0 aliphatic heterocycles. The van der Waals surface area contributed by atoms with Crippen molar-refractivity contribution in [2.24, 2.45) is 10.2 Å². The van der Waals surface area contributed by atoms with Gasteiger partial charge in [0, 0.05) is 5.25 Å². The molecule has 6 nitrogen and oxygen atoms in total. The lowest BCUT2D eigenvalue weighted by Crippen LogP contribution is -1.84. The SMILES string of the molecule is COc1ccc(N=Nc2nc(SC(C)C)oc2O)cc1. The standard InChI is InChI=1S/C13H15N3O3S/c1-8(2)20-13-14-11(12(17)19-13)16-15-9-4-6-10(18-3)7-5-9/h4-8,17H,1-3H3. The fourth-order valence-electron chi connectivity index (χ4n) is 1.36. The fraction of sp³-hybridized carbons (Fsp3) is 0.308. The molecule has 0 fully saturated rings. The van der Waals surface area contributed by atoms with Crippen molar-refractivity contribution in [1.29, 1.82) is 0 Å². The molecule has 0 spiro atoms. The van der Waals surface area contributed by atoms with Gasteiger partial charge in [-0.2, -0.15) is 4.98 Å². The number of hydrogen-bond acceptors (Lipinski definition) is 7. The topological polar surface area (TPSA) is 80.2 Å². The maximum Gasteiger partial charge on any atom is 0.333 e. The first-order chi connectivity index (χ1) is 9.58. The third kappa shape index (κ3) is 3.74. The van der Waals surface area contributed by atoms with E-state index in [1.54, 1.807) is 31.4 Å². The van der Waals surface area contributed by atoms with Gasteiger partial charge in [-0.1, -0.05) is 25.6 Å². The van der Waals surface area contributed by atoms with Gasteiger partial charge >= 0.3 is 5.95 Å². The number of nitrogens with zero attached hydrogens (tertiary/aromatic N) is 3. The van der Waals surface area contributed by atoms with Gasteiger partial charge in [0.05, 0.1) is 12.8 Å². The summed E-state index contributed by atoms with van der Waals surface area (Å²) >= 11 is 1.40. The van der Waals surface area contributed by atoms with Gasteiger partial charge in [0.15, 0.2) is 0 Å². The Morgan fingerprint density at radius 2 is 1.95 bits per heavy atom. The second-order valence-corrected chi connectivity index (χ2v) is 5.70. The number of rotatable bonds is 5. The van der Waals surface area contributed by atoms with Gasteiger partial charge in [0.25, 0.3) is 11.0 Å². The zero-order valence-electron chi connectivity index (χ0n) is 11.4. The Bertz CT molecular complexity index is 593. The molecule has 0 saturated heterocycles. The van der Waals surface area contributed by atoms with Gasteiger partial charge in [-0.3, -0.25) is 0 Å². The third-order valence-corrected chi connectivity index (χ3v) is 3.09. The Morgan fingerprint density at radius 3 is 2.55 bits per heavy atom. The van der Waals surface area contributed by atoms with E-state index in [0.29, 0.717) is 16.2 Å². The van der Waals surface area contributed by atoms with Crippen LogP contribution >= 0.6 is 11.8 Å². The summed E-state index contributed by atoms with van der Waals surface area (Å²) in [7, 11) is 1.60. The average molecular weight is 293 g/mol. The van der Waals surface area contributed by atoms with E-state index in [9.17, 15) is 5.11 Å². The zero-order valence-corrected chi connectivity index (χ0v) is 12.2. The average Bonchev–Trinajstić information content (AvgIpc) is 2.76. The number of thioether (sulfide) groups is 1. The van der Waals surface area contributed by atoms with Crippen LogP contribution in [0, 0.1) is 0 Å². The second-order valence-electron chi connectivity index (χ2n) is 4.17. The quantitative estimate of drug-likeness (QED) is 0.656. The molecule has 1 N–H and O–H groups in total. The number of azo groups is 1. The van der Waals surface area contributed by atoms with E-state index in [-0.39, 0.29) is 11.8 Å². The summed E-state index contributed by atoms with van der Waals surface area (Å²) in [4.78, 5) is 4.06. The van der Waals surface area contributed by atoms with Crippen molar-refractivity contribution in [1.82, 2.24) is 4.98 Å². The molecule has 7 heteroatoms. The third-order valence-electron chi connectivity index (χ3n) is 2.24. The summed E-state index contributed by atoms with van der Waals surface area (Å²) in [5.74, 6) is 0.484. The summed E-state index contributed by atoms with van der Waals surface area (Å²) < 4.78 is 10.1. The van der Waals surface area contributed by atoms with Gasteiger partial charge in [0.1, 0.15) is 5.75 Å². The van der Waals surface area contributed by atoms with Crippen LogP contribution in [-0.4, -0.2) is 22.5 Å². The maximum atomic E-state index is 9.59. The Labute approximate surface area is 120 Å². The lowest BCUT2D eigenvalue weighted by Gasteiger charge is -1.97. The number of ether oxygens (including phenoxy) is 1. The Kier molecular flexibility index (Phi) is 4.62. The van der Waals surface area contributed by atoms with Crippen LogP contribution in [0.4, 0.5) is 11.5 Å². The highest BCUT2D eigenvalue weighted by Gasteiger charge is 2.13. The lowest BCUT2D eigenvalue weighted by molar-refractivity contribution is 0.298. The number of hydrogen-bond donors (Lipinski definition) is 1. The van der Waals surface area contributed by atoms with E-state index < -0.39 is 0 Å². The maximum absolute atomic E-state index is 9.59. The van der Waals surface area contributed by atoms with E-state index in [1.807, 2.05) is 13.8 Å². The van der Waals surface area contributed by atoms with Crippen molar-refractivity contribution in [3.05, 3.63) is 24.3 Å². The minimum Gasteiger partial charge on any atom is -0.497 e. The van der Waals surface area contributed by atoms with Crippen LogP contribution in [0.15, 0.2) is 44.1 Å². The first kappa shape index (κ1) is 14.4. The molecule has 1 aromatic carbocycles. The van der Waals surface area contributed by atoms with E-state index >= 15 is 0 Å². The van der Waals surface area contributed by atoms with E-state index in [2.05, 4.69) is 15.2 Å². The van der Waals surface area contributed by atoms with Crippen molar-refractivity contribution in [2.45, 2.75) is 24.3 Å². The van der Waals surface area contributed by atoms with E-state index in [1.165, 1.54) is 11.8 Å². The minimum absolute atomic E-state index is 0.0731. The molecule has 0 unspecified atom stereocenters. The molecule has 0 amide bonds. The smallest absolute Gasteiger partial charge is 0.333 e. The number of benzene rings is 1. The highest BCUT2D eigenvalue weighted by atomic mass is 32.2. The normalized spacial score (nSPS) is 11.4. The van der Waals surface area contributed by atoms with Crippen LogP contribution in [0.3, 0.4) is 0 Å². The molecule has 0 aliphatic carbocycles. The van der Waals surface area contributed by atoms with Gasteiger partial charge in [0.2, 0.25) is 0 Å². The van der Waals surface area contributed by atoms with Gasteiger partial charge in [-0.15, -0.1) is 10.2 Å². The van der Waals surface area contributed by atoms with Crippen LogP contribution in [-0.2, 0) is 0 Å². The predicted molar refractivity (Wildman–Crippen MR) is 76.3 cm³/mol. The van der Waals surface area contributed by atoms with Crippen LogP contribution in [0.2, 0.25) is 0 Å².